The third kappa shape index (κ3) is 6.03. The summed E-state index contributed by atoms with van der Waals surface area (Å²) < 4.78 is 2.04. The Bertz CT molecular complexity index is 961. The predicted octanol–water partition coefficient (Wildman–Crippen LogP) is 6.88. The molecule has 0 aliphatic carbocycles. The number of carbonyl (C=O) groups excluding carboxylic acids is 1. The quantitative estimate of drug-likeness (QED) is 0.326. The van der Waals surface area contributed by atoms with E-state index in [9.17, 15) is 4.79 Å². The first kappa shape index (κ1) is 22.7. The van der Waals surface area contributed by atoms with Crippen molar-refractivity contribution in [2.45, 2.75) is 43.4 Å². The van der Waals surface area contributed by atoms with Gasteiger partial charge in [0.15, 0.2) is 0 Å². The van der Waals surface area contributed by atoms with E-state index in [1.54, 1.807) is 37.3 Å². The van der Waals surface area contributed by atoms with Crippen LogP contribution in [0.2, 0.25) is 10.0 Å². The summed E-state index contributed by atoms with van der Waals surface area (Å²) >= 11 is 14.3. The summed E-state index contributed by atoms with van der Waals surface area (Å²) in [6, 6.07) is 13.8. The summed E-state index contributed by atoms with van der Waals surface area (Å²) in [6.45, 7) is 5.20. The molecule has 3 rings (SSSR count). The van der Waals surface area contributed by atoms with Crippen LogP contribution in [0, 0.1) is 0 Å². The monoisotopic (exact) mass is 461 g/mol. The number of anilines is 1. The van der Waals surface area contributed by atoms with Gasteiger partial charge in [-0.25, -0.2) is 4.98 Å². The molecule has 0 N–H and O–H groups in total. The number of aromatic nitrogens is 2. The van der Waals surface area contributed by atoms with Gasteiger partial charge in [-0.05, 0) is 48.4 Å². The number of nitrogens with zero attached hydrogens (tertiary/aromatic N) is 3. The average molecular weight is 462 g/mol. The van der Waals surface area contributed by atoms with E-state index in [0.717, 1.165) is 42.1 Å². The lowest BCUT2D eigenvalue weighted by atomic mass is 10.1. The Kier molecular flexibility index (Phi) is 8.25. The predicted molar refractivity (Wildman–Crippen MR) is 127 cm³/mol. The summed E-state index contributed by atoms with van der Waals surface area (Å²) in [5.74, 6) is 0.0646. The van der Waals surface area contributed by atoms with Crippen LogP contribution in [-0.4, -0.2) is 22.0 Å². The summed E-state index contributed by atoms with van der Waals surface area (Å²) in [6.07, 6.45) is 7.55. The van der Waals surface area contributed by atoms with Gasteiger partial charge in [-0.2, -0.15) is 0 Å². The lowest BCUT2D eigenvalue weighted by molar-refractivity contribution is -0.116. The Morgan fingerprint density at radius 3 is 2.57 bits per heavy atom. The Hall–Kier alpha value is -1.95. The van der Waals surface area contributed by atoms with E-state index in [2.05, 4.69) is 24.0 Å². The Labute approximate surface area is 192 Å². The highest BCUT2D eigenvalue weighted by atomic mass is 35.5. The normalized spacial score (nSPS) is 12.0. The second kappa shape index (κ2) is 10.9. The Morgan fingerprint density at radius 1 is 1.20 bits per heavy atom. The molecular formula is C23H25Cl2N3OS. The van der Waals surface area contributed by atoms with Crippen molar-refractivity contribution in [2.75, 3.05) is 11.4 Å². The first-order chi connectivity index (χ1) is 14.5. The number of hydrogen-bond acceptors (Lipinski definition) is 3. The minimum absolute atomic E-state index is 0.0646. The number of unbranched alkanes of at least 4 members (excludes halogenated alkanes) is 1. The second-order valence-corrected chi connectivity index (χ2v) is 9.17. The highest BCUT2D eigenvalue weighted by Crippen LogP contribution is 2.40. The first-order valence-corrected chi connectivity index (χ1v) is 11.6. The van der Waals surface area contributed by atoms with E-state index >= 15 is 0 Å². The zero-order valence-electron chi connectivity index (χ0n) is 17.1. The van der Waals surface area contributed by atoms with Crippen molar-refractivity contribution < 1.29 is 4.79 Å². The van der Waals surface area contributed by atoms with Crippen LogP contribution in [0.1, 0.15) is 37.5 Å². The maximum atomic E-state index is 12.0. The van der Waals surface area contributed by atoms with Gasteiger partial charge >= 0.3 is 0 Å². The molecule has 0 fully saturated rings. The van der Waals surface area contributed by atoms with Crippen molar-refractivity contribution in [3.8, 4) is 0 Å². The standard InChI is InChI=1S/C23H25Cl2N3OS/c1-3-4-12-28(17(2)29)19-6-8-20(9-7-19)30-23(15-27-13-11-26-16-27)21-10-5-18(24)14-22(21)25/h5-11,13-14,16,23H,3-4,12,15H2,1-2H3. The van der Waals surface area contributed by atoms with E-state index in [0.29, 0.717) is 10.0 Å². The molecule has 7 heteroatoms. The molecule has 0 bridgehead atoms. The van der Waals surface area contributed by atoms with Crippen molar-refractivity contribution in [3.05, 3.63) is 76.8 Å². The molecule has 0 saturated carbocycles. The molecule has 0 aliphatic rings. The van der Waals surface area contributed by atoms with Crippen molar-refractivity contribution in [1.29, 1.82) is 0 Å². The molecule has 1 unspecified atom stereocenters. The van der Waals surface area contributed by atoms with Crippen molar-refractivity contribution in [3.63, 3.8) is 0 Å². The molecule has 30 heavy (non-hydrogen) atoms. The summed E-state index contributed by atoms with van der Waals surface area (Å²) in [4.78, 5) is 19.1. The maximum absolute atomic E-state index is 12.0. The Morgan fingerprint density at radius 2 is 1.97 bits per heavy atom. The highest BCUT2D eigenvalue weighted by Gasteiger charge is 2.18. The van der Waals surface area contributed by atoms with Crippen LogP contribution < -0.4 is 4.90 Å². The van der Waals surface area contributed by atoms with Gasteiger partial charge in [0.2, 0.25) is 5.91 Å². The topological polar surface area (TPSA) is 38.1 Å². The largest absolute Gasteiger partial charge is 0.336 e. The fourth-order valence-corrected chi connectivity index (χ4v) is 5.01. The molecule has 1 amide bonds. The number of imidazole rings is 1. The van der Waals surface area contributed by atoms with Crippen LogP contribution in [-0.2, 0) is 11.3 Å². The fraction of sp³-hybridized carbons (Fsp3) is 0.304. The lowest BCUT2D eigenvalue weighted by Gasteiger charge is -2.22. The lowest BCUT2D eigenvalue weighted by Crippen LogP contribution is -2.29. The summed E-state index contributed by atoms with van der Waals surface area (Å²) in [5.41, 5.74) is 1.95. The third-order valence-corrected chi connectivity index (χ3v) is 6.58. The van der Waals surface area contributed by atoms with E-state index in [4.69, 9.17) is 23.2 Å². The summed E-state index contributed by atoms with van der Waals surface area (Å²) in [5, 5.41) is 1.36. The van der Waals surface area contributed by atoms with Gasteiger partial charge in [-0.15, -0.1) is 11.8 Å². The number of thioether (sulfide) groups is 1. The zero-order chi connectivity index (χ0) is 21.5. The highest BCUT2D eigenvalue weighted by molar-refractivity contribution is 7.99. The molecule has 0 radical (unpaired) electrons. The van der Waals surface area contributed by atoms with Crippen LogP contribution in [0.3, 0.4) is 0 Å². The molecule has 0 spiro atoms. The van der Waals surface area contributed by atoms with Gasteiger partial charge in [0.25, 0.3) is 0 Å². The summed E-state index contributed by atoms with van der Waals surface area (Å²) in [7, 11) is 0. The number of benzene rings is 2. The molecule has 0 saturated heterocycles. The molecule has 4 nitrogen and oxygen atoms in total. The third-order valence-electron chi connectivity index (χ3n) is 4.79. The van der Waals surface area contributed by atoms with Crippen molar-refractivity contribution in [1.82, 2.24) is 9.55 Å². The molecular weight excluding hydrogens is 437 g/mol. The minimum Gasteiger partial charge on any atom is -0.336 e. The van der Waals surface area contributed by atoms with Crippen LogP contribution in [0.5, 0.6) is 0 Å². The molecule has 1 heterocycles. The van der Waals surface area contributed by atoms with Crippen LogP contribution in [0.25, 0.3) is 0 Å². The van der Waals surface area contributed by atoms with Crippen LogP contribution in [0.4, 0.5) is 5.69 Å². The number of carbonyl (C=O) groups is 1. The van der Waals surface area contributed by atoms with Gasteiger partial charge < -0.3 is 9.47 Å². The second-order valence-electron chi connectivity index (χ2n) is 7.05. The van der Waals surface area contributed by atoms with Gasteiger partial charge in [0.1, 0.15) is 0 Å². The van der Waals surface area contributed by atoms with Gasteiger partial charge in [-0.3, -0.25) is 4.79 Å². The number of rotatable bonds is 9. The van der Waals surface area contributed by atoms with E-state index < -0.39 is 0 Å². The smallest absolute Gasteiger partial charge is 0.223 e. The van der Waals surface area contributed by atoms with Crippen LogP contribution in [0.15, 0.2) is 66.1 Å². The fourth-order valence-electron chi connectivity index (χ4n) is 3.20. The molecule has 2 aromatic carbocycles. The molecule has 158 valence electrons. The SMILES string of the molecule is CCCCN(C(C)=O)c1ccc(SC(Cn2ccnc2)c2ccc(Cl)cc2Cl)cc1. The molecule has 3 aromatic rings. The van der Waals surface area contributed by atoms with Gasteiger partial charge in [-0.1, -0.05) is 42.6 Å². The number of hydrogen-bond donors (Lipinski definition) is 0. The van der Waals surface area contributed by atoms with Gasteiger partial charge in [0.05, 0.1) is 11.6 Å². The van der Waals surface area contributed by atoms with E-state index in [-0.39, 0.29) is 11.2 Å². The Balaban J connectivity index is 1.82. The van der Waals surface area contributed by atoms with E-state index in [1.165, 1.54) is 0 Å². The van der Waals surface area contributed by atoms with Crippen molar-refractivity contribution >= 4 is 46.6 Å². The first-order valence-electron chi connectivity index (χ1n) is 9.93. The van der Waals surface area contributed by atoms with E-state index in [1.807, 2.05) is 39.9 Å². The molecule has 1 atom stereocenters. The average Bonchev–Trinajstić information content (AvgIpc) is 3.22. The van der Waals surface area contributed by atoms with Gasteiger partial charge in [0, 0.05) is 53.0 Å². The van der Waals surface area contributed by atoms with Crippen LogP contribution >= 0.6 is 35.0 Å². The number of halogens is 2. The molecule has 1 aromatic heterocycles. The zero-order valence-corrected chi connectivity index (χ0v) is 19.4. The number of amides is 1. The molecule has 0 aliphatic heterocycles. The van der Waals surface area contributed by atoms with Crippen molar-refractivity contribution in [2.24, 2.45) is 0 Å². The minimum atomic E-state index is 0.0646. The maximum Gasteiger partial charge on any atom is 0.223 e.